The Morgan fingerprint density at radius 3 is 2.88 bits per heavy atom. The molecule has 126 valence electrons. The number of amides is 1. The van der Waals surface area contributed by atoms with Crippen LogP contribution in [0.15, 0.2) is 36.5 Å². The van der Waals surface area contributed by atoms with E-state index in [2.05, 4.69) is 15.1 Å². The van der Waals surface area contributed by atoms with Gasteiger partial charge < -0.3 is 9.64 Å². The fourth-order valence-electron chi connectivity index (χ4n) is 3.98. The van der Waals surface area contributed by atoms with Gasteiger partial charge in [0.15, 0.2) is 0 Å². The first-order chi connectivity index (χ1) is 11.7. The number of piperidine rings is 1. The average Bonchev–Trinajstić information content (AvgIpc) is 3.26. The van der Waals surface area contributed by atoms with Crippen LogP contribution in [-0.2, 0) is 10.2 Å². The number of nitrogens with one attached hydrogen (secondary N) is 1. The van der Waals surface area contributed by atoms with E-state index in [1.807, 2.05) is 30.3 Å². The van der Waals surface area contributed by atoms with Gasteiger partial charge in [-0.05, 0) is 37.8 Å². The van der Waals surface area contributed by atoms with Gasteiger partial charge in [0.1, 0.15) is 5.75 Å². The summed E-state index contributed by atoms with van der Waals surface area (Å²) in [7, 11) is 1.68. The van der Waals surface area contributed by atoms with Crippen molar-refractivity contribution in [3.63, 3.8) is 0 Å². The minimum atomic E-state index is -0.373. The van der Waals surface area contributed by atoms with E-state index in [4.69, 9.17) is 4.74 Å². The lowest BCUT2D eigenvalue weighted by Gasteiger charge is -2.35. The number of rotatable bonds is 4. The van der Waals surface area contributed by atoms with Gasteiger partial charge in [-0.1, -0.05) is 18.2 Å². The van der Waals surface area contributed by atoms with Gasteiger partial charge in [-0.25, -0.2) is 0 Å². The highest BCUT2D eigenvalue weighted by Gasteiger charge is 2.54. The molecule has 1 aromatic carbocycles. The van der Waals surface area contributed by atoms with Crippen LogP contribution in [0.2, 0.25) is 0 Å². The summed E-state index contributed by atoms with van der Waals surface area (Å²) < 4.78 is 5.51. The van der Waals surface area contributed by atoms with Crippen molar-refractivity contribution in [3.05, 3.63) is 47.8 Å². The molecule has 2 fully saturated rings. The predicted octanol–water partition coefficient (Wildman–Crippen LogP) is 2.86. The second-order valence-electron chi connectivity index (χ2n) is 6.88. The number of hydrogen-bond donors (Lipinski definition) is 1. The maximum Gasteiger partial charge on any atom is 0.233 e. The van der Waals surface area contributed by atoms with Crippen LogP contribution in [0.3, 0.4) is 0 Å². The van der Waals surface area contributed by atoms with Gasteiger partial charge in [-0.15, -0.1) is 0 Å². The molecule has 0 spiro atoms. The minimum absolute atomic E-state index is 0.260. The highest BCUT2D eigenvalue weighted by atomic mass is 16.5. The van der Waals surface area contributed by atoms with Crippen LogP contribution < -0.4 is 4.74 Å². The summed E-state index contributed by atoms with van der Waals surface area (Å²) in [6.45, 7) is 1.62. The maximum absolute atomic E-state index is 13.3. The van der Waals surface area contributed by atoms with Crippen molar-refractivity contribution in [3.8, 4) is 5.75 Å². The standard InChI is InChI=1S/C19H23N3O2/c1-24-17-7-3-2-6-15(17)19(9-10-19)18(23)22-12-4-5-14(13-22)16-8-11-20-21-16/h2-3,6-8,11,14H,4-5,9-10,12-13H2,1H3,(H,20,21). The number of H-pyrrole nitrogens is 1. The molecular formula is C19H23N3O2. The van der Waals surface area contributed by atoms with Crippen LogP contribution >= 0.6 is 0 Å². The zero-order chi connectivity index (χ0) is 16.6. The van der Waals surface area contributed by atoms with Gasteiger partial charge in [0.25, 0.3) is 0 Å². The lowest BCUT2D eigenvalue weighted by molar-refractivity contribution is -0.135. The van der Waals surface area contributed by atoms with E-state index in [0.717, 1.165) is 55.8 Å². The summed E-state index contributed by atoms with van der Waals surface area (Å²) in [5.74, 6) is 1.44. The van der Waals surface area contributed by atoms with Crippen molar-refractivity contribution in [2.75, 3.05) is 20.2 Å². The van der Waals surface area contributed by atoms with Crippen molar-refractivity contribution in [1.82, 2.24) is 15.1 Å². The van der Waals surface area contributed by atoms with Crippen LogP contribution in [0.5, 0.6) is 5.75 Å². The molecular weight excluding hydrogens is 302 g/mol. The second-order valence-corrected chi connectivity index (χ2v) is 6.88. The Kier molecular flexibility index (Phi) is 3.79. The summed E-state index contributed by atoms with van der Waals surface area (Å²) in [6.07, 6.45) is 5.76. The third-order valence-corrected chi connectivity index (χ3v) is 5.45. The Morgan fingerprint density at radius 1 is 1.33 bits per heavy atom. The van der Waals surface area contributed by atoms with Crippen molar-refractivity contribution in [2.45, 2.75) is 37.0 Å². The van der Waals surface area contributed by atoms with Crippen LogP contribution in [-0.4, -0.2) is 41.2 Å². The van der Waals surface area contributed by atoms with E-state index in [1.165, 1.54) is 0 Å². The van der Waals surface area contributed by atoms with Gasteiger partial charge in [0.2, 0.25) is 5.91 Å². The molecule has 1 aliphatic heterocycles. The predicted molar refractivity (Wildman–Crippen MR) is 91.0 cm³/mol. The quantitative estimate of drug-likeness (QED) is 0.940. The minimum Gasteiger partial charge on any atom is -0.496 e. The summed E-state index contributed by atoms with van der Waals surface area (Å²) in [4.78, 5) is 15.4. The number of aromatic nitrogens is 2. The topological polar surface area (TPSA) is 58.2 Å². The zero-order valence-corrected chi connectivity index (χ0v) is 14.0. The number of hydrogen-bond acceptors (Lipinski definition) is 3. The van der Waals surface area contributed by atoms with Crippen LogP contribution in [0.25, 0.3) is 0 Å². The van der Waals surface area contributed by atoms with Crippen LogP contribution in [0, 0.1) is 0 Å². The number of nitrogens with zero attached hydrogens (tertiary/aromatic N) is 2. The number of para-hydroxylation sites is 1. The molecule has 0 bridgehead atoms. The molecule has 2 aromatic rings. The first-order valence-corrected chi connectivity index (χ1v) is 8.67. The van der Waals surface area contributed by atoms with Crippen LogP contribution in [0.4, 0.5) is 0 Å². The van der Waals surface area contributed by atoms with Crippen molar-refractivity contribution >= 4 is 5.91 Å². The second kappa shape index (κ2) is 5.96. The van der Waals surface area contributed by atoms with Gasteiger partial charge in [-0.2, -0.15) is 5.10 Å². The van der Waals surface area contributed by atoms with Gasteiger partial charge >= 0.3 is 0 Å². The fraction of sp³-hybridized carbons (Fsp3) is 0.474. The highest BCUT2D eigenvalue weighted by Crippen LogP contribution is 2.53. The molecule has 1 saturated carbocycles. The molecule has 1 atom stereocenters. The molecule has 1 aromatic heterocycles. The molecule has 1 amide bonds. The van der Waals surface area contributed by atoms with Gasteiger partial charge in [0.05, 0.1) is 12.5 Å². The first kappa shape index (κ1) is 15.2. The lowest BCUT2D eigenvalue weighted by atomic mass is 9.90. The monoisotopic (exact) mass is 325 g/mol. The average molecular weight is 325 g/mol. The summed E-state index contributed by atoms with van der Waals surface area (Å²) in [5.41, 5.74) is 1.80. The Labute approximate surface area is 142 Å². The van der Waals surface area contributed by atoms with E-state index < -0.39 is 0 Å². The number of ether oxygens (including phenoxy) is 1. The first-order valence-electron chi connectivity index (χ1n) is 8.67. The maximum atomic E-state index is 13.3. The third kappa shape index (κ3) is 2.48. The van der Waals surface area contributed by atoms with E-state index in [-0.39, 0.29) is 11.3 Å². The Bertz CT molecular complexity index is 722. The van der Waals surface area contributed by atoms with Crippen LogP contribution in [0.1, 0.15) is 42.9 Å². The molecule has 5 nitrogen and oxygen atoms in total. The Morgan fingerprint density at radius 2 is 2.17 bits per heavy atom. The van der Waals surface area contributed by atoms with Gasteiger partial charge in [-0.3, -0.25) is 9.89 Å². The van der Waals surface area contributed by atoms with Crippen molar-refractivity contribution in [1.29, 1.82) is 0 Å². The van der Waals surface area contributed by atoms with E-state index in [0.29, 0.717) is 5.92 Å². The number of carbonyl (C=O) groups excluding carboxylic acids is 1. The SMILES string of the molecule is COc1ccccc1C1(C(=O)N2CCCC(c3ccn[nH]3)C2)CC1. The largest absolute Gasteiger partial charge is 0.496 e. The third-order valence-electron chi connectivity index (χ3n) is 5.45. The molecule has 2 aliphatic rings. The molecule has 1 N–H and O–H groups in total. The highest BCUT2D eigenvalue weighted by molar-refractivity contribution is 5.92. The number of likely N-dealkylation sites (tertiary alicyclic amines) is 1. The lowest BCUT2D eigenvalue weighted by Crippen LogP contribution is -2.44. The molecule has 1 unspecified atom stereocenters. The zero-order valence-electron chi connectivity index (χ0n) is 14.0. The number of aromatic amines is 1. The summed E-state index contributed by atoms with van der Waals surface area (Å²) in [5, 5.41) is 7.12. The van der Waals surface area contributed by atoms with Crippen molar-refractivity contribution < 1.29 is 9.53 Å². The van der Waals surface area contributed by atoms with Gasteiger partial charge in [0, 0.05) is 36.5 Å². The number of methoxy groups -OCH3 is 1. The normalized spacial score (nSPS) is 22.2. The molecule has 5 heteroatoms. The van der Waals surface area contributed by atoms with E-state index >= 15 is 0 Å². The summed E-state index contributed by atoms with van der Waals surface area (Å²) >= 11 is 0. The molecule has 1 aliphatic carbocycles. The number of carbonyl (C=O) groups is 1. The van der Waals surface area contributed by atoms with E-state index in [1.54, 1.807) is 13.3 Å². The molecule has 1 saturated heterocycles. The Balaban J connectivity index is 1.57. The summed E-state index contributed by atoms with van der Waals surface area (Å²) in [6, 6.07) is 9.96. The molecule has 0 radical (unpaired) electrons. The van der Waals surface area contributed by atoms with Crippen molar-refractivity contribution in [2.24, 2.45) is 0 Å². The fourth-order valence-corrected chi connectivity index (χ4v) is 3.98. The smallest absolute Gasteiger partial charge is 0.233 e. The van der Waals surface area contributed by atoms with E-state index in [9.17, 15) is 4.79 Å². The number of benzene rings is 1. The molecule has 2 heterocycles. The molecule has 4 rings (SSSR count). The Hall–Kier alpha value is -2.30. The molecule has 24 heavy (non-hydrogen) atoms.